The van der Waals surface area contributed by atoms with Gasteiger partial charge in [-0.2, -0.15) is 19.6 Å². The van der Waals surface area contributed by atoms with Gasteiger partial charge in [0.05, 0.1) is 6.20 Å². The Morgan fingerprint density at radius 3 is 2.82 bits per heavy atom. The van der Waals surface area contributed by atoms with Gasteiger partial charge in [0.1, 0.15) is 6.29 Å². The van der Waals surface area contributed by atoms with Gasteiger partial charge in [0.15, 0.2) is 5.65 Å². The van der Waals surface area contributed by atoms with E-state index in [1.807, 2.05) is 48.3 Å². The number of carbonyl (C=O) groups is 1. The quantitative estimate of drug-likeness (QED) is 0.553. The van der Waals surface area contributed by atoms with Crippen LogP contribution in [0.3, 0.4) is 0 Å². The molecule has 0 bridgehead atoms. The SMILES string of the molecule is CN(c1ccccc1)c1nc(NCCC=O)nc2ccnn12. The molecule has 3 rings (SSSR count). The molecule has 7 heteroatoms. The van der Waals surface area contributed by atoms with Crippen molar-refractivity contribution in [2.24, 2.45) is 0 Å². The average molecular weight is 296 g/mol. The van der Waals surface area contributed by atoms with Gasteiger partial charge in [-0.05, 0) is 12.1 Å². The van der Waals surface area contributed by atoms with Crippen LogP contribution in [-0.4, -0.2) is 39.5 Å². The normalized spacial score (nSPS) is 10.6. The molecule has 1 aromatic carbocycles. The van der Waals surface area contributed by atoms with E-state index in [1.54, 1.807) is 10.7 Å². The van der Waals surface area contributed by atoms with Gasteiger partial charge in [-0.25, -0.2) is 0 Å². The van der Waals surface area contributed by atoms with Crippen LogP contribution in [0.1, 0.15) is 6.42 Å². The van der Waals surface area contributed by atoms with E-state index in [4.69, 9.17) is 0 Å². The van der Waals surface area contributed by atoms with Crippen molar-refractivity contribution in [3.05, 3.63) is 42.6 Å². The van der Waals surface area contributed by atoms with Crippen molar-refractivity contribution >= 4 is 29.5 Å². The smallest absolute Gasteiger partial charge is 0.236 e. The molecule has 1 N–H and O–H groups in total. The molecule has 112 valence electrons. The summed E-state index contributed by atoms with van der Waals surface area (Å²) in [6, 6.07) is 11.7. The molecule has 7 nitrogen and oxygen atoms in total. The maximum atomic E-state index is 10.4. The van der Waals surface area contributed by atoms with Gasteiger partial charge in [0.2, 0.25) is 11.9 Å². The van der Waals surface area contributed by atoms with Crippen molar-refractivity contribution in [1.29, 1.82) is 0 Å². The number of rotatable bonds is 6. The predicted octanol–water partition coefficient (Wildman–Crippen LogP) is 1.89. The molecule has 0 saturated heterocycles. The Labute approximate surface area is 127 Å². The van der Waals surface area contributed by atoms with Crippen LogP contribution in [0, 0.1) is 0 Å². The highest BCUT2D eigenvalue weighted by atomic mass is 16.1. The number of nitrogens with zero attached hydrogens (tertiary/aromatic N) is 5. The Balaban J connectivity index is 1.99. The zero-order valence-electron chi connectivity index (χ0n) is 12.2. The summed E-state index contributed by atoms with van der Waals surface area (Å²) in [4.78, 5) is 21.2. The van der Waals surface area contributed by atoms with E-state index >= 15 is 0 Å². The molecule has 0 saturated carbocycles. The maximum Gasteiger partial charge on any atom is 0.236 e. The lowest BCUT2D eigenvalue weighted by Crippen LogP contribution is -2.18. The number of para-hydroxylation sites is 1. The van der Waals surface area contributed by atoms with Crippen molar-refractivity contribution in [2.45, 2.75) is 6.42 Å². The highest BCUT2D eigenvalue weighted by Crippen LogP contribution is 2.22. The summed E-state index contributed by atoms with van der Waals surface area (Å²) < 4.78 is 1.68. The minimum atomic E-state index is 0.414. The molecule has 0 atom stereocenters. The molecule has 2 aromatic heterocycles. The van der Waals surface area contributed by atoms with Gasteiger partial charge >= 0.3 is 0 Å². The highest BCUT2D eigenvalue weighted by molar-refractivity contribution is 5.60. The van der Waals surface area contributed by atoms with Gasteiger partial charge in [-0.1, -0.05) is 18.2 Å². The van der Waals surface area contributed by atoms with E-state index in [-0.39, 0.29) is 0 Å². The molecule has 0 unspecified atom stereocenters. The monoisotopic (exact) mass is 296 g/mol. The average Bonchev–Trinajstić information content (AvgIpc) is 3.03. The van der Waals surface area contributed by atoms with Crippen molar-refractivity contribution in [1.82, 2.24) is 19.6 Å². The molecule has 0 fully saturated rings. The number of aldehydes is 1. The summed E-state index contributed by atoms with van der Waals surface area (Å²) in [6.07, 6.45) is 2.96. The van der Waals surface area contributed by atoms with Gasteiger partial charge in [-0.3, -0.25) is 0 Å². The van der Waals surface area contributed by atoms with Crippen molar-refractivity contribution < 1.29 is 4.79 Å². The molecule has 0 aliphatic rings. The molecular weight excluding hydrogens is 280 g/mol. The van der Waals surface area contributed by atoms with Crippen LogP contribution in [0.2, 0.25) is 0 Å². The first-order valence-electron chi connectivity index (χ1n) is 6.97. The molecule has 2 heterocycles. The van der Waals surface area contributed by atoms with Gasteiger partial charge < -0.3 is 15.0 Å². The van der Waals surface area contributed by atoms with Crippen LogP contribution < -0.4 is 10.2 Å². The Morgan fingerprint density at radius 2 is 2.05 bits per heavy atom. The summed E-state index contributed by atoms with van der Waals surface area (Å²) in [7, 11) is 1.92. The van der Waals surface area contributed by atoms with E-state index in [0.717, 1.165) is 12.0 Å². The van der Waals surface area contributed by atoms with Crippen LogP contribution in [0.15, 0.2) is 42.6 Å². The second-order valence-corrected chi connectivity index (χ2v) is 4.73. The standard InChI is InChI=1S/C15H16N6O/c1-20(12-6-3-2-4-7-12)15-19-14(16-9-5-11-22)18-13-8-10-17-21(13)15/h2-4,6-8,10-11H,5,9H2,1H3,(H,16,18). The third kappa shape index (κ3) is 2.73. The third-order valence-corrected chi connectivity index (χ3v) is 3.23. The molecule has 0 aliphatic carbocycles. The second-order valence-electron chi connectivity index (χ2n) is 4.73. The minimum absolute atomic E-state index is 0.414. The summed E-state index contributed by atoms with van der Waals surface area (Å²) in [5.74, 6) is 1.13. The lowest BCUT2D eigenvalue weighted by Gasteiger charge is -2.19. The van der Waals surface area contributed by atoms with E-state index < -0.39 is 0 Å². The fourth-order valence-electron chi connectivity index (χ4n) is 2.12. The fraction of sp³-hybridized carbons (Fsp3) is 0.200. The number of nitrogens with one attached hydrogen (secondary N) is 1. The Hall–Kier alpha value is -2.96. The van der Waals surface area contributed by atoms with Crippen LogP contribution >= 0.6 is 0 Å². The van der Waals surface area contributed by atoms with E-state index in [0.29, 0.717) is 30.5 Å². The molecule has 0 amide bonds. The number of fused-ring (bicyclic) bond motifs is 1. The van der Waals surface area contributed by atoms with E-state index in [9.17, 15) is 4.79 Å². The Kier molecular flexibility index (Phi) is 3.95. The van der Waals surface area contributed by atoms with Crippen molar-refractivity contribution in [3.63, 3.8) is 0 Å². The van der Waals surface area contributed by atoms with Gasteiger partial charge in [0.25, 0.3) is 0 Å². The molecule has 0 radical (unpaired) electrons. The number of carbonyl (C=O) groups excluding carboxylic acids is 1. The van der Waals surface area contributed by atoms with E-state index in [2.05, 4.69) is 20.4 Å². The fourth-order valence-corrected chi connectivity index (χ4v) is 2.12. The number of aromatic nitrogens is 4. The maximum absolute atomic E-state index is 10.4. The number of hydrogen-bond acceptors (Lipinski definition) is 6. The van der Waals surface area contributed by atoms with Crippen LogP contribution in [0.5, 0.6) is 0 Å². The van der Waals surface area contributed by atoms with Gasteiger partial charge in [-0.15, -0.1) is 0 Å². The molecule has 22 heavy (non-hydrogen) atoms. The first-order valence-corrected chi connectivity index (χ1v) is 6.97. The highest BCUT2D eigenvalue weighted by Gasteiger charge is 2.13. The number of hydrogen-bond donors (Lipinski definition) is 1. The number of benzene rings is 1. The summed E-state index contributed by atoms with van der Waals surface area (Å²) >= 11 is 0. The Bertz CT molecular complexity index is 770. The second kappa shape index (κ2) is 6.21. The van der Waals surface area contributed by atoms with Crippen LogP contribution in [0.25, 0.3) is 5.65 Å². The molecule has 0 aliphatic heterocycles. The van der Waals surface area contributed by atoms with Crippen molar-refractivity contribution in [3.8, 4) is 0 Å². The van der Waals surface area contributed by atoms with Crippen LogP contribution in [0.4, 0.5) is 17.6 Å². The third-order valence-electron chi connectivity index (χ3n) is 3.23. The molecular formula is C15H16N6O. The summed E-state index contributed by atoms with van der Waals surface area (Å²) in [5.41, 5.74) is 1.69. The largest absolute Gasteiger partial charge is 0.354 e. The zero-order chi connectivity index (χ0) is 15.4. The Morgan fingerprint density at radius 1 is 1.23 bits per heavy atom. The summed E-state index contributed by atoms with van der Waals surface area (Å²) in [5, 5.41) is 7.32. The number of anilines is 3. The topological polar surface area (TPSA) is 75.4 Å². The molecule has 0 spiro atoms. The van der Waals surface area contributed by atoms with Crippen molar-refractivity contribution in [2.75, 3.05) is 23.8 Å². The minimum Gasteiger partial charge on any atom is -0.354 e. The lowest BCUT2D eigenvalue weighted by atomic mass is 10.3. The zero-order valence-corrected chi connectivity index (χ0v) is 12.2. The first-order chi connectivity index (χ1) is 10.8. The summed E-state index contributed by atoms with van der Waals surface area (Å²) in [6.45, 7) is 0.502. The molecule has 3 aromatic rings. The lowest BCUT2D eigenvalue weighted by molar-refractivity contribution is -0.107. The van der Waals surface area contributed by atoms with E-state index in [1.165, 1.54) is 0 Å². The van der Waals surface area contributed by atoms with Crippen LogP contribution in [-0.2, 0) is 4.79 Å². The van der Waals surface area contributed by atoms with Gasteiger partial charge in [0, 0.05) is 31.8 Å². The first kappa shape index (κ1) is 14.0. The predicted molar refractivity (Wildman–Crippen MR) is 84.5 cm³/mol.